The zero-order valence-electron chi connectivity index (χ0n) is 14.1. The Balaban J connectivity index is 1.74. The van der Waals surface area contributed by atoms with E-state index in [1.54, 1.807) is 6.20 Å². The molecule has 0 saturated carbocycles. The summed E-state index contributed by atoms with van der Waals surface area (Å²) in [6.45, 7) is 5.99. The first-order chi connectivity index (χ1) is 11.5. The smallest absolute Gasteiger partial charge is 0.268 e. The maximum Gasteiger partial charge on any atom is 0.268 e. The molecule has 122 valence electrons. The van der Waals surface area contributed by atoms with Gasteiger partial charge in [0.2, 0.25) is 0 Å². The molecular formula is C20H21N3O. The third-order valence-corrected chi connectivity index (χ3v) is 4.05. The zero-order valence-corrected chi connectivity index (χ0v) is 14.1. The molecule has 0 saturated heterocycles. The molecule has 0 radical (unpaired) electrons. The molecule has 3 rings (SSSR count). The number of benzene rings is 1. The molecule has 2 heterocycles. The predicted octanol–water partition coefficient (Wildman–Crippen LogP) is 4.18. The monoisotopic (exact) mass is 319 g/mol. The average Bonchev–Trinajstić information content (AvgIpc) is 3.05. The van der Waals surface area contributed by atoms with Gasteiger partial charge in [-0.2, -0.15) is 0 Å². The van der Waals surface area contributed by atoms with Crippen LogP contribution in [0.2, 0.25) is 0 Å². The number of pyridine rings is 1. The summed E-state index contributed by atoms with van der Waals surface area (Å²) in [7, 11) is 0. The summed E-state index contributed by atoms with van der Waals surface area (Å²) in [5, 5.41) is 3.03. The van der Waals surface area contributed by atoms with Crippen LogP contribution in [-0.2, 0) is 0 Å². The van der Waals surface area contributed by atoms with Crippen molar-refractivity contribution in [2.24, 2.45) is 0 Å². The second-order valence-corrected chi connectivity index (χ2v) is 6.10. The fourth-order valence-corrected chi connectivity index (χ4v) is 2.71. The fraction of sp³-hybridized carbons (Fsp3) is 0.200. The number of carbonyl (C=O) groups is 1. The standard InChI is InChI=1S/C20H21N3O/c1-13-5-4-6-16(9-13)15(3)23-20(24)19-11-18(12-22-19)17-7-8-21-14(2)10-17/h4-12,15,22H,1-3H3,(H,23,24)/t15-/m1/s1. The first-order valence-electron chi connectivity index (χ1n) is 8.02. The van der Waals surface area contributed by atoms with Crippen molar-refractivity contribution in [2.75, 3.05) is 0 Å². The molecule has 0 spiro atoms. The summed E-state index contributed by atoms with van der Waals surface area (Å²) >= 11 is 0. The van der Waals surface area contributed by atoms with Crippen molar-refractivity contribution in [1.29, 1.82) is 0 Å². The van der Waals surface area contributed by atoms with Gasteiger partial charge in [-0.1, -0.05) is 29.8 Å². The number of nitrogens with zero attached hydrogens (tertiary/aromatic N) is 1. The quantitative estimate of drug-likeness (QED) is 0.758. The van der Waals surface area contributed by atoms with Gasteiger partial charge in [0.15, 0.2) is 0 Å². The highest BCUT2D eigenvalue weighted by molar-refractivity contribution is 5.94. The maximum absolute atomic E-state index is 12.5. The maximum atomic E-state index is 12.5. The van der Waals surface area contributed by atoms with Gasteiger partial charge >= 0.3 is 0 Å². The van der Waals surface area contributed by atoms with Crippen LogP contribution in [-0.4, -0.2) is 15.9 Å². The van der Waals surface area contributed by atoms with E-state index < -0.39 is 0 Å². The van der Waals surface area contributed by atoms with Crippen LogP contribution in [0.3, 0.4) is 0 Å². The number of nitrogens with one attached hydrogen (secondary N) is 2. The van der Waals surface area contributed by atoms with Crippen LogP contribution in [0.4, 0.5) is 0 Å². The largest absolute Gasteiger partial charge is 0.357 e. The minimum absolute atomic E-state index is 0.0488. The van der Waals surface area contributed by atoms with E-state index in [0.29, 0.717) is 5.69 Å². The summed E-state index contributed by atoms with van der Waals surface area (Å²) in [6.07, 6.45) is 3.62. The summed E-state index contributed by atoms with van der Waals surface area (Å²) in [6, 6.07) is 13.9. The van der Waals surface area contributed by atoms with Gasteiger partial charge in [0.05, 0.1) is 6.04 Å². The van der Waals surface area contributed by atoms with Crippen molar-refractivity contribution in [2.45, 2.75) is 26.8 Å². The van der Waals surface area contributed by atoms with Gasteiger partial charge in [0.1, 0.15) is 5.69 Å². The molecule has 2 N–H and O–H groups in total. The third kappa shape index (κ3) is 3.54. The second-order valence-electron chi connectivity index (χ2n) is 6.10. The molecule has 4 nitrogen and oxygen atoms in total. The number of carbonyl (C=O) groups excluding carboxylic acids is 1. The lowest BCUT2D eigenvalue weighted by Gasteiger charge is -2.14. The van der Waals surface area contributed by atoms with Crippen LogP contribution in [0.5, 0.6) is 0 Å². The number of rotatable bonds is 4. The van der Waals surface area contributed by atoms with E-state index in [4.69, 9.17) is 0 Å². The van der Waals surface area contributed by atoms with Crippen molar-refractivity contribution in [1.82, 2.24) is 15.3 Å². The first-order valence-corrected chi connectivity index (χ1v) is 8.02. The molecule has 0 unspecified atom stereocenters. The lowest BCUT2D eigenvalue weighted by Crippen LogP contribution is -2.26. The number of aryl methyl sites for hydroxylation is 2. The van der Waals surface area contributed by atoms with Gasteiger partial charge in [-0.05, 0) is 50.1 Å². The Morgan fingerprint density at radius 2 is 1.96 bits per heavy atom. The van der Waals surface area contributed by atoms with Crippen molar-refractivity contribution >= 4 is 5.91 Å². The molecular weight excluding hydrogens is 298 g/mol. The molecule has 0 bridgehead atoms. The summed E-state index contributed by atoms with van der Waals surface area (Å²) in [5.41, 5.74) is 5.81. The molecule has 4 heteroatoms. The Labute approximate surface area is 142 Å². The summed E-state index contributed by atoms with van der Waals surface area (Å²) < 4.78 is 0. The number of H-pyrrole nitrogens is 1. The molecule has 3 aromatic rings. The molecule has 2 aromatic heterocycles. The highest BCUT2D eigenvalue weighted by atomic mass is 16.1. The second kappa shape index (κ2) is 6.71. The topological polar surface area (TPSA) is 57.8 Å². The van der Waals surface area contributed by atoms with Gasteiger partial charge in [0, 0.05) is 23.7 Å². The number of hydrogen-bond acceptors (Lipinski definition) is 2. The van der Waals surface area contributed by atoms with E-state index in [1.165, 1.54) is 5.56 Å². The Bertz CT molecular complexity index is 867. The molecule has 0 aliphatic heterocycles. The van der Waals surface area contributed by atoms with Crippen molar-refractivity contribution in [3.05, 3.63) is 77.4 Å². The van der Waals surface area contributed by atoms with Crippen LogP contribution in [0.15, 0.2) is 54.9 Å². The number of aromatic nitrogens is 2. The Kier molecular flexibility index (Phi) is 4.47. The van der Waals surface area contributed by atoms with E-state index >= 15 is 0 Å². The van der Waals surface area contributed by atoms with Crippen molar-refractivity contribution in [3.8, 4) is 11.1 Å². The van der Waals surface area contributed by atoms with Crippen LogP contribution in [0.25, 0.3) is 11.1 Å². The van der Waals surface area contributed by atoms with Gasteiger partial charge in [-0.3, -0.25) is 9.78 Å². The molecule has 24 heavy (non-hydrogen) atoms. The van der Waals surface area contributed by atoms with Gasteiger partial charge in [0.25, 0.3) is 5.91 Å². The lowest BCUT2D eigenvalue weighted by atomic mass is 10.1. The Morgan fingerprint density at radius 3 is 2.71 bits per heavy atom. The van der Waals surface area contributed by atoms with Crippen LogP contribution in [0.1, 0.15) is 40.3 Å². The van der Waals surface area contributed by atoms with Gasteiger partial charge in [-0.25, -0.2) is 0 Å². The molecule has 1 aromatic carbocycles. The minimum Gasteiger partial charge on any atom is -0.357 e. The number of aromatic amines is 1. The SMILES string of the molecule is Cc1cccc([C@@H](C)NC(=O)c2cc(-c3ccnc(C)c3)c[nH]2)c1. The van der Waals surface area contributed by atoms with Crippen LogP contribution in [0, 0.1) is 13.8 Å². The lowest BCUT2D eigenvalue weighted by molar-refractivity contribution is 0.0935. The van der Waals surface area contributed by atoms with Crippen molar-refractivity contribution < 1.29 is 4.79 Å². The molecule has 1 amide bonds. The number of hydrogen-bond donors (Lipinski definition) is 2. The van der Waals surface area contributed by atoms with Crippen LogP contribution >= 0.6 is 0 Å². The molecule has 0 aliphatic carbocycles. The highest BCUT2D eigenvalue weighted by Crippen LogP contribution is 2.21. The third-order valence-electron chi connectivity index (χ3n) is 4.05. The number of amides is 1. The van der Waals surface area contributed by atoms with E-state index in [1.807, 2.05) is 63.4 Å². The van der Waals surface area contributed by atoms with E-state index in [9.17, 15) is 4.79 Å². The summed E-state index contributed by atoms with van der Waals surface area (Å²) in [4.78, 5) is 19.7. The highest BCUT2D eigenvalue weighted by Gasteiger charge is 2.14. The predicted molar refractivity (Wildman–Crippen MR) is 95.8 cm³/mol. The van der Waals surface area contributed by atoms with E-state index in [-0.39, 0.29) is 11.9 Å². The minimum atomic E-state index is -0.110. The van der Waals surface area contributed by atoms with Crippen molar-refractivity contribution in [3.63, 3.8) is 0 Å². The molecule has 0 fully saturated rings. The zero-order chi connectivity index (χ0) is 17.1. The summed E-state index contributed by atoms with van der Waals surface area (Å²) in [5.74, 6) is -0.110. The van der Waals surface area contributed by atoms with E-state index in [0.717, 1.165) is 22.4 Å². The molecule has 0 aliphatic rings. The Hall–Kier alpha value is -2.88. The van der Waals surface area contributed by atoms with E-state index in [2.05, 4.69) is 21.4 Å². The van der Waals surface area contributed by atoms with Gasteiger partial charge < -0.3 is 10.3 Å². The molecule has 1 atom stereocenters. The first kappa shape index (κ1) is 16.0. The fourth-order valence-electron chi connectivity index (χ4n) is 2.71. The van der Waals surface area contributed by atoms with Gasteiger partial charge in [-0.15, -0.1) is 0 Å². The normalized spacial score (nSPS) is 12.0. The van der Waals surface area contributed by atoms with Crippen LogP contribution < -0.4 is 5.32 Å². The Morgan fingerprint density at radius 1 is 1.12 bits per heavy atom. The average molecular weight is 319 g/mol.